The molecule has 0 saturated carbocycles. The maximum absolute atomic E-state index is 13.2. The van der Waals surface area contributed by atoms with Gasteiger partial charge in [0.05, 0.1) is 24.8 Å². The molecule has 3 aromatic rings. The first-order chi connectivity index (χ1) is 21.3. The largest absolute Gasteiger partial charge is 0.480 e. The molecule has 0 aliphatic carbocycles. The van der Waals surface area contributed by atoms with Crippen LogP contribution in [0.5, 0.6) is 0 Å². The fourth-order valence-corrected chi connectivity index (χ4v) is 4.60. The van der Waals surface area contributed by atoms with Gasteiger partial charge in [-0.25, -0.2) is 4.79 Å². The Balaban J connectivity index is 1.64. The second-order valence-corrected chi connectivity index (χ2v) is 10.8. The van der Waals surface area contributed by atoms with E-state index in [4.69, 9.17) is 5.73 Å². The van der Waals surface area contributed by atoms with Gasteiger partial charge in [0.15, 0.2) is 6.04 Å². The fraction of sp³-hybridized carbons (Fsp3) is 0.344. The van der Waals surface area contributed by atoms with Crippen LogP contribution in [0.3, 0.4) is 0 Å². The van der Waals surface area contributed by atoms with Gasteiger partial charge < -0.3 is 42.3 Å². The highest BCUT2D eigenvalue weighted by molar-refractivity contribution is 5.94. The van der Waals surface area contributed by atoms with Gasteiger partial charge in [0.25, 0.3) is 0 Å². The highest BCUT2D eigenvalue weighted by Gasteiger charge is 2.32. The lowest BCUT2D eigenvalue weighted by atomic mass is 10.0. The van der Waals surface area contributed by atoms with Gasteiger partial charge in [-0.1, -0.05) is 72.8 Å². The number of rotatable bonds is 15. The minimum atomic E-state index is -1.68. The van der Waals surface area contributed by atoms with Crippen molar-refractivity contribution >= 4 is 40.4 Å². The van der Waals surface area contributed by atoms with Crippen molar-refractivity contribution in [2.24, 2.45) is 5.73 Å². The molecule has 0 unspecified atom stereocenters. The molecule has 6 atom stereocenters. The van der Waals surface area contributed by atoms with E-state index >= 15 is 0 Å². The summed E-state index contributed by atoms with van der Waals surface area (Å²) in [6.07, 6.45) is -2.58. The minimum Gasteiger partial charge on any atom is -0.480 e. The number of nitrogens with one attached hydrogen (secondary N) is 4. The Hall–Kier alpha value is -4.85. The molecule has 4 amide bonds. The molecule has 240 valence electrons. The van der Waals surface area contributed by atoms with E-state index in [0.29, 0.717) is 0 Å². The molecule has 0 bridgehead atoms. The summed E-state index contributed by atoms with van der Waals surface area (Å²) in [5, 5.41) is 40.3. The van der Waals surface area contributed by atoms with Gasteiger partial charge in [-0.3, -0.25) is 19.2 Å². The van der Waals surface area contributed by atoms with Crippen LogP contribution in [0.4, 0.5) is 0 Å². The first-order valence-electron chi connectivity index (χ1n) is 14.4. The Labute approximate surface area is 260 Å². The first kappa shape index (κ1) is 34.6. The lowest BCUT2D eigenvalue weighted by Crippen LogP contribution is -2.59. The van der Waals surface area contributed by atoms with E-state index in [2.05, 4.69) is 21.3 Å². The molecule has 3 aromatic carbocycles. The number of carbonyl (C=O) groups excluding carboxylic acids is 4. The van der Waals surface area contributed by atoms with Crippen molar-refractivity contribution in [2.75, 3.05) is 6.54 Å². The van der Waals surface area contributed by atoms with Crippen LogP contribution < -0.4 is 27.0 Å². The van der Waals surface area contributed by atoms with Crippen molar-refractivity contribution in [3.8, 4) is 0 Å². The predicted molar refractivity (Wildman–Crippen MR) is 166 cm³/mol. The fourth-order valence-electron chi connectivity index (χ4n) is 4.60. The lowest BCUT2D eigenvalue weighted by Gasteiger charge is -2.25. The van der Waals surface area contributed by atoms with E-state index in [0.717, 1.165) is 28.8 Å². The molecule has 0 aliphatic heterocycles. The molecule has 45 heavy (non-hydrogen) atoms. The van der Waals surface area contributed by atoms with Crippen molar-refractivity contribution in [3.05, 3.63) is 83.9 Å². The van der Waals surface area contributed by atoms with Crippen LogP contribution in [0, 0.1) is 0 Å². The Bertz CT molecular complexity index is 1500. The minimum absolute atomic E-state index is 0.0946. The number of benzene rings is 3. The maximum atomic E-state index is 13.2. The second-order valence-electron chi connectivity index (χ2n) is 10.8. The summed E-state index contributed by atoms with van der Waals surface area (Å²) in [4.78, 5) is 62.8. The average Bonchev–Trinajstić information content (AvgIpc) is 3.00. The molecule has 0 radical (unpaired) electrons. The number of aliphatic hydroxyl groups excluding tert-OH is 2. The third-order valence-corrected chi connectivity index (χ3v) is 7.07. The van der Waals surface area contributed by atoms with E-state index < -0.39 is 72.5 Å². The van der Waals surface area contributed by atoms with Crippen molar-refractivity contribution < 1.29 is 39.3 Å². The topological polar surface area (TPSA) is 220 Å². The van der Waals surface area contributed by atoms with Crippen molar-refractivity contribution in [2.45, 2.75) is 63.1 Å². The highest BCUT2D eigenvalue weighted by atomic mass is 16.4. The number of carboxylic acids is 1. The van der Waals surface area contributed by atoms with E-state index in [1.54, 1.807) is 30.3 Å². The third kappa shape index (κ3) is 10.4. The van der Waals surface area contributed by atoms with Gasteiger partial charge >= 0.3 is 5.97 Å². The summed E-state index contributed by atoms with van der Waals surface area (Å²) in [6.45, 7) is 1.73. The maximum Gasteiger partial charge on any atom is 0.328 e. The monoisotopic (exact) mass is 621 g/mol. The third-order valence-electron chi connectivity index (χ3n) is 7.07. The number of nitrogens with two attached hydrogens (primary N) is 1. The van der Waals surface area contributed by atoms with E-state index in [1.807, 2.05) is 42.5 Å². The van der Waals surface area contributed by atoms with Gasteiger partial charge in [-0.2, -0.15) is 0 Å². The molecule has 0 spiro atoms. The lowest BCUT2D eigenvalue weighted by molar-refractivity contribution is -0.145. The van der Waals surface area contributed by atoms with Crippen LogP contribution in [0.15, 0.2) is 72.8 Å². The van der Waals surface area contributed by atoms with Crippen LogP contribution in [0.25, 0.3) is 10.8 Å². The van der Waals surface area contributed by atoms with E-state index in [1.165, 1.54) is 6.92 Å². The zero-order valence-corrected chi connectivity index (χ0v) is 25.0. The summed E-state index contributed by atoms with van der Waals surface area (Å²) in [6, 6.07) is 17.1. The summed E-state index contributed by atoms with van der Waals surface area (Å²) in [5.74, 6) is -4.69. The predicted octanol–water partition coefficient (Wildman–Crippen LogP) is -0.631. The summed E-state index contributed by atoms with van der Waals surface area (Å²) >= 11 is 0. The Morgan fingerprint density at radius 3 is 1.93 bits per heavy atom. The highest BCUT2D eigenvalue weighted by Crippen LogP contribution is 2.16. The smallest absolute Gasteiger partial charge is 0.328 e. The Morgan fingerprint density at radius 1 is 0.689 bits per heavy atom. The molecule has 0 aliphatic rings. The summed E-state index contributed by atoms with van der Waals surface area (Å²) in [5.41, 5.74) is 7.80. The molecule has 13 heteroatoms. The van der Waals surface area contributed by atoms with Gasteiger partial charge in [0, 0.05) is 6.42 Å². The quantitative estimate of drug-likeness (QED) is 0.108. The number of hydrogen-bond donors (Lipinski definition) is 8. The van der Waals surface area contributed by atoms with Crippen LogP contribution in [-0.4, -0.2) is 87.8 Å². The van der Waals surface area contributed by atoms with Crippen LogP contribution >= 0.6 is 0 Å². The molecular formula is C32H39N5O8. The summed E-state index contributed by atoms with van der Waals surface area (Å²) < 4.78 is 0. The Kier molecular flexibility index (Phi) is 12.5. The van der Waals surface area contributed by atoms with Crippen molar-refractivity contribution in [1.29, 1.82) is 0 Å². The molecular weight excluding hydrogens is 582 g/mol. The van der Waals surface area contributed by atoms with Crippen LogP contribution in [0.1, 0.15) is 25.0 Å². The molecule has 0 fully saturated rings. The van der Waals surface area contributed by atoms with E-state index in [9.17, 15) is 39.3 Å². The number of aliphatic hydroxyl groups is 2. The molecule has 0 saturated heterocycles. The van der Waals surface area contributed by atoms with Crippen molar-refractivity contribution in [3.63, 3.8) is 0 Å². The standard InChI is InChI=1S/C32H39N5O8/c1-18(38)27(31(43)37-28(19(2)39)32(44)45)36-26(40)17-34-30(42)25(16-20-8-4-3-5-9-20)35-29(41)24(33)15-21-12-13-22-10-6-7-11-23(22)14-21/h3-14,18-19,24-25,27-28,38-39H,15-17,33H2,1-2H3,(H,34,42)(H,35,41)(H,36,40)(H,37,43)(H,44,45)/t18-,19-,24+,25+,27+,28+/m0/s1. The normalized spacial score (nSPS) is 15.0. The van der Waals surface area contributed by atoms with Gasteiger partial charge in [-0.15, -0.1) is 0 Å². The molecule has 0 heterocycles. The van der Waals surface area contributed by atoms with Crippen molar-refractivity contribution in [1.82, 2.24) is 21.3 Å². The Morgan fingerprint density at radius 2 is 1.31 bits per heavy atom. The number of carbonyl (C=O) groups is 5. The number of fused-ring (bicyclic) bond motifs is 1. The SMILES string of the molecule is C[C@H](O)[C@@H](NC(=O)[C@H](NC(=O)CNC(=O)[C@@H](Cc1ccccc1)NC(=O)[C@H](N)Cc1ccc2ccccc2c1)[C@H](C)O)C(=O)O. The van der Waals surface area contributed by atoms with Gasteiger partial charge in [0.1, 0.15) is 12.1 Å². The zero-order chi connectivity index (χ0) is 33.1. The molecule has 13 nitrogen and oxygen atoms in total. The second kappa shape index (κ2) is 16.3. The molecule has 9 N–H and O–H groups in total. The molecule has 3 rings (SSSR count). The van der Waals surface area contributed by atoms with Gasteiger partial charge in [0.2, 0.25) is 23.6 Å². The number of hydrogen-bond acceptors (Lipinski definition) is 8. The van der Waals surface area contributed by atoms with E-state index in [-0.39, 0.29) is 12.8 Å². The number of carboxylic acid groups (broad SMARTS) is 1. The summed E-state index contributed by atoms with van der Waals surface area (Å²) in [7, 11) is 0. The zero-order valence-electron chi connectivity index (χ0n) is 25.0. The molecule has 0 aromatic heterocycles. The van der Waals surface area contributed by atoms with Crippen LogP contribution in [-0.2, 0) is 36.8 Å². The first-order valence-corrected chi connectivity index (χ1v) is 14.4. The van der Waals surface area contributed by atoms with Gasteiger partial charge in [-0.05, 0) is 42.2 Å². The number of aliphatic carboxylic acids is 1. The van der Waals surface area contributed by atoms with Crippen LogP contribution in [0.2, 0.25) is 0 Å². The average molecular weight is 622 g/mol. The number of amides is 4.